The summed E-state index contributed by atoms with van der Waals surface area (Å²) < 4.78 is 0. The molecule has 1 unspecified atom stereocenters. The van der Waals surface area contributed by atoms with Crippen LogP contribution in [-0.4, -0.2) is 35.5 Å². The van der Waals surface area contributed by atoms with Gasteiger partial charge in [0.15, 0.2) is 0 Å². The van der Waals surface area contributed by atoms with E-state index in [1.165, 1.54) is 16.5 Å². The maximum Gasteiger partial charge on any atom is 0.308 e. The first-order chi connectivity index (χ1) is 9.31. The monoisotopic (exact) mass is 275 g/mol. The number of aliphatic carboxylic acids is 1. The Morgan fingerprint density at radius 3 is 2.55 bits per heavy atom. The summed E-state index contributed by atoms with van der Waals surface area (Å²) in [5.74, 6) is -1.67. The maximum absolute atomic E-state index is 11.9. The number of nitrogens with zero attached hydrogens (tertiary/aromatic N) is 1. The van der Waals surface area contributed by atoms with Crippen molar-refractivity contribution in [3.05, 3.63) is 41.0 Å². The summed E-state index contributed by atoms with van der Waals surface area (Å²) in [4.78, 5) is 24.1. The van der Waals surface area contributed by atoms with E-state index in [0.29, 0.717) is 0 Å². The average molecular weight is 275 g/mol. The van der Waals surface area contributed by atoms with Gasteiger partial charge in [0, 0.05) is 19.7 Å². The number of likely N-dealkylation sites (N-methyl/N-ethyl adjacent to an activating group) is 1. The molecule has 0 fully saturated rings. The minimum absolute atomic E-state index is 0.196. The van der Waals surface area contributed by atoms with Gasteiger partial charge in [0.1, 0.15) is 0 Å². The van der Waals surface area contributed by atoms with Crippen molar-refractivity contribution in [3.63, 3.8) is 0 Å². The molecule has 0 aliphatic carbocycles. The van der Waals surface area contributed by atoms with Gasteiger partial charge in [-0.2, -0.15) is 0 Å². The zero-order chi connectivity index (χ0) is 15.3. The van der Waals surface area contributed by atoms with Gasteiger partial charge in [-0.25, -0.2) is 0 Å². The largest absolute Gasteiger partial charge is 0.481 e. The minimum atomic E-state index is -0.900. The molecule has 0 radical (unpaired) electrons. The lowest BCUT2D eigenvalue weighted by Crippen LogP contribution is -2.32. The third kappa shape index (κ3) is 4.53. The van der Waals surface area contributed by atoms with E-state index in [2.05, 4.69) is 6.07 Å². The molecular formula is C16H21NO3. The minimum Gasteiger partial charge on any atom is -0.481 e. The van der Waals surface area contributed by atoms with Crippen LogP contribution in [0.2, 0.25) is 0 Å². The Balaban J connectivity index is 2.69. The van der Waals surface area contributed by atoms with Crippen LogP contribution in [0.3, 0.4) is 0 Å². The number of aryl methyl sites for hydroxylation is 2. The van der Waals surface area contributed by atoms with E-state index in [9.17, 15) is 9.59 Å². The predicted octanol–water partition coefficient (Wildman–Crippen LogP) is 2.50. The van der Waals surface area contributed by atoms with Gasteiger partial charge in [-0.15, -0.1) is 0 Å². The SMILES string of the molecule is Cc1ccc(C=CC(=O)N(C)CC(C)C(=O)O)c(C)c1. The van der Waals surface area contributed by atoms with E-state index >= 15 is 0 Å². The molecule has 0 spiro atoms. The second-order valence-corrected chi connectivity index (χ2v) is 5.15. The quantitative estimate of drug-likeness (QED) is 0.840. The van der Waals surface area contributed by atoms with Crippen molar-refractivity contribution in [2.75, 3.05) is 13.6 Å². The van der Waals surface area contributed by atoms with E-state index in [1.807, 2.05) is 26.0 Å². The van der Waals surface area contributed by atoms with Crippen LogP contribution in [-0.2, 0) is 9.59 Å². The van der Waals surface area contributed by atoms with E-state index in [4.69, 9.17) is 5.11 Å². The second-order valence-electron chi connectivity index (χ2n) is 5.15. The predicted molar refractivity (Wildman–Crippen MR) is 79.4 cm³/mol. The first kappa shape index (κ1) is 16.0. The molecule has 108 valence electrons. The number of amides is 1. The van der Waals surface area contributed by atoms with Crippen molar-refractivity contribution in [1.82, 2.24) is 4.90 Å². The summed E-state index contributed by atoms with van der Waals surface area (Å²) in [6, 6.07) is 6.02. The molecule has 1 rings (SSSR count). The van der Waals surface area contributed by atoms with Crippen molar-refractivity contribution in [1.29, 1.82) is 0 Å². The molecule has 1 aromatic carbocycles. The summed E-state index contributed by atoms with van der Waals surface area (Å²) in [6.45, 7) is 5.80. The van der Waals surface area contributed by atoms with Gasteiger partial charge in [-0.1, -0.05) is 30.7 Å². The highest BCUT2D eigenvalue weighted by Crippen LogP contribution is 2.12. The normalized spacial score (nSPS) is 12.4. The summed E-state index contributed by atoms with van der Waals surface area (Å²) in [5.41, 5.74) is 3.28. The highest BCUT2D eigenvalue weighted by molar-refractivity contribution is 5.92. The van der Waals surface area contributed by atoms with Crippen LogP contribution in [0.15, 0.2) is 24.3 Å². The Labute approximate surface area is 119 Å². The molecule has 0 aromatic heterocycles. The summed E-state index contributed by atoms with van der Waals surface area (Å²) in [5, 5.41) is 8.83. The number of rotatable bonds is 5. The molecule has 0 aliphatic rings. The fourth-order valence-corrected chi connectivity index (χ4v) is 1.88. The first-order valence-electron chi connectivity index (χ1n) is 6.54. The molecule has 0 heterocycles. The Kier molecular flexibility index (Phi) is 5.50. The maximum atomic E-state index is 11.9. The van der Waals surface area contributed by atoms with Gasteiger partial charge in [-0.05, 0) is 31.1 Å². The van der Waals surface area contributed by atoms with Gasteiger partial charge in [0.05, 0.1) is 5.92 Å². The van der Waals surface area contributed by atoms with Crippen molar-refractivity contribution in [2.45, 2.75) is 20.8 Å². The van der Waals surface area contributed by atoms with Gasteiger partial charge in [-0.3, -0.25) is 9.59 Å². The molecule has 0 saturated carbocycles. The molecule has 0 bridgehead atoms. The molecule has 1 amide bonds. The third-order valence-electron chi connectivity index (χ3n) is 3.18. The lowest BCUT2D eigenvalue weighted by atomic mass is 10.1. The summed E-state index contributed by atoms with van der Waals surface area (Å²) in [6.07, 6.45) is 3.24. The lowest BCUT2D eigenvalue weighted by molar-refractivity contribution is -0.142. The third-order valence-corrected chi connectivity index (χ3v) is 3.18. The van der Waals surface area contributed by atoms with E-state index in [-0.39, 0.29) is 12.5 Å². The van der Waals surface area contributed by atoms with Gasteiger partial charge >= 0.3 is 5.97 Å². The molecule has 1 atom stereocenters. The van der Waals surface area contributed by atoms with E-state index < -0.39 is 11.9 Å². The topological polar surface area (TPSA) is 57.6 Å². The number of carboxylic acids is 1. The lowest BCUT2D eigenvalue weighted by Gasteiger charge is -2.17. The smallest absolute Gasteiger partial charge is 0.308 e. The zero-order valence-electron chi connectivity index (χ0n) is 12.4. The summed E-state index contributed by atoms with van der Waals surface area (Å²) >= 11 is 0. The van der Waals surface area contributed by atoms with Crippen LogP contribution < -0.4 is 0 Å². The van der Waals surface area contributed by atoms with Crippen molar-refractivity contribution in [2.24, 2.45) is 5.92 Å². The van der Waals surface area contributed by atoms with Crippen LogP contribution in [0.5, 0.6) is 0 Å². The first-order valence-corrected chi connectivity index (χ1v) is 6.54. The molecule has 0 aliphatic heterocycles. The van der Waals surface area contributed by atoms with Crippen LogP contribution >= 0.6 is 0 Å². The Bertz CT molecular complexity index is 535. The number of carbonyl (C=O) groups excluding carboxylic acids is 1. The Hall–Kier alpha value is -2.10. The highest BCUT2D eigenvalue weighted by Gasteiger charge is 2.15. The number of carboxylic acid groups (broad SMARTS) is 1. The Morgan fingerprint density at radius 1 is 1.35 bits per heavy atom. The standard InChI is InChI=1S/C16H21NO3/c1-11-5-6-14(12(2)9-11)7-8-15(18)17(4)10-13(3)16(19)20/h5-9,13H,10H2,1-4H3,(H,19,20). The zero-order valence-corrected chi connectivity index (χ0v) is 12.4. The van der Waals surface area contributed by atoms with E-state index in [0.717, 1.165) is 11.1 Å². The van der Waals surface area contributed by atoms with Crippen molar-refractivity contribution >= 4 is 18.0 Å². The number of hydrogen-bond acceptors (Lipinski definition) is 2. The second kappa shape index (κ2) is 6.89. The van der Waals surface area contributed by atoms with Crippen molar-refractivity contribution in [3.8, 4) is 0 Å². The summed E-state index contributed by atoms with van der Waals surface area (Å²) in [7, 11) is 1.61. The highest BCUT2D eigenvalue weighted by atomic mass is 16.4. The number of benzene rings is 1. The van der Waals surface area contributed by atoms with Crippen LogP contribution in [0.1, 0.15) is 23.6 Å². The fourth-order valence-electron chi connectivity index (χ4n) is 1.88. The molecule has 0 saturated heterocycles. The fraction of sp³-hybridized carbons (Fsp3) is 0.375. The van der Waals surface area contributed by atoms with Crippen LogP contribution in [0.4, 0.5) is 0 Å². The molecule has 1 aromatic rings. The molecule has 4 nitrogen and oxygen atoms in total. The van der Waals surface area contributed by atoms with Crippen LogP contribution in [0, 0.1) is 19.8 Å². The molecule has 4 heteroatoms. The Morgan fingerprint density at radius 2 is 2.00 bits per heavy atom. The van der Waals surface area contributed by atoms with E-state index in [1.54, 1.807) is 20.0 Å². The molecular weight excluding hydrogens is 254 g/mol. The molecule has 20 heavy (non-hydrogen) atoms. The average Bonchev–Trinajstić information content (AvgIpc) is 2.37. The van der Waals surface area contributed by atoms with Gasteiger partial charge in [0.2, 0.25) is 5.91 Å². The van der Waals surface area contributed by atoms with Crippen molar-refractivity contribution < 1.29 is 14.7 Å². The molecule has 1 N–H and O–H groups in total. The van der Waals surface area contributed by atoms with Crippen LogP contribution in [0.25, 0.3) is 6.08 Å². The number of carbonyl (C=O) groups is 2. The van der Waals surface area contributed by atoms with Gasteiger partial charge in [0.25, 0.3) is 0 Å². The number of hydrogen-bond donors (Lipinski definition) is 1. The van der Waals surface area contributed by atoms with Gasteiger partial charge < -0.3 is 10.0 Å².